The summed E-state index contributed by atoms with van der Waals surface area (Å²) in [7, 11) is 1.46. The number of ether oxygens (including phenoxy) is 3. The molecule has 4 aromatic rings. The Kier molecular flexibility index (Phi) is 8.78. The molecule has 1 atom stereocenters. The van der Waals surface area contributed by atoms with Gasteiger partial charge in [0.15, 0.2) is 11.8 Å². The number of nitrogens with zero attached hydrogens (tertiary/aromatic N) is 1. The first-order valence-electron chi connectivity index (χ1n) is 12.0. The minimum Gasteiger partial charge on any atom is -0.497 e. The molecule has 0 aliphatic heterocycles. The van der Waals surface area contributed by atoms with Crippen molar-refractivity contribution in [2.24, 2.45) is 4.99 Å². The lowest BCUT2D eigenvalue weighted by Gasteiger charge is -2.27. The molecule has 0 fully saturated rings. The SMILES string of the molecule is COc1ccc(N=C(C(=O)OCc2ccccc2)C(F)(F)C(OC(=O)c2ccccc2)c2ccccc2)cc1. The van der Waals surface area contributed by atoms with E-state index < -0.39 is 29.7 Å². The van der Waals surface area contributed by atoms with Crippen molar-refractivity contribution in [1.29, 1.82) is 0 Å². The van der Waals surface area contributed by atoms with Gasteiger partial charge in [-0.2, -0.15) is 8.78 Å². The molecule has 4 rings (SSSR count). The van der Waals surface area contributed by atoms with Crippen molar-refractivity contribution < 1.29 is 32.6 Å². The van der Waals surface area contributed by atoms with Gasteiger partial charge in [-0.15, -0.1) is 0 Å². The molecule has 0 saturated carbocycles. The molecule has 0 amide bonds. The molecule has 4 aromatic carbocycles. The number of carbonyl (C=O) groups excluding carboxylic acids is 2. The van der Waals surface area contributed by atoms with Crippen LogP contribution in [-0.2, 0) is 20.9 Å². The van der Waals surface area contributed by atoms with E-state index in [2.05, 4.69) is 4.99 Å². The van der Waals surface area contributed by atoms with Crippen molar-refractivity contribution in [2.45, 2.75) is 18.6 Å². The average molecular weight is 530 g/mol. The molecular formula is C31H25F2NO5. The zero-order chi connectivity index (χ0) is 27.7. The maximum absolute atomic E-state index is 16.4. The second-order valence-corrected chi connectivity index (χ2v) is 8.41. The highest BCUT2D eigenvalue weighted by atomic mass is 19.3. The van der Waals surface area contributed by atoms with Crippen LogP contribution in [0.3, 0.4) is 0 Å². The first kappa shape index (κ1) is 27.2. The number of aliphatic imine (C=N–C) groups is 1. The Morgan fingerprint density at radius 3 is 1.95 bits per heavy atom. The number of esters is 2. The molecule has 0 N–H and O–H groups in total. The zero-order valence-electron chi connectivity index (χ0n) is 21.0. The number of rotatable bonds is 10. The van der Waals surface area contributed by atoms with Crippen LogP contribution in [0, 0.1) is 0 Å². The number of benzene rings is 4. The van der Waals surface area contributed by atoms with Gasteiger partial charge >= 0.3 is 17.9 Å². The summed E-state index contributed by atoms with van der Waals surface area (Å²) in [6.45, 7) is -0.253. The monoisotopic (exact) mass is 529 g/mol. The summed E-state index contributed by atoms with van der Waals surface area (Å²) >= 11 is 0. The van der Waals surface area contributed by atoms with E-state index in [0.717, 1.165) is 0 Å². The Hall–Kier alpha value is -4.85. The minimum atomic E-state index is -4.08. The molecule has 1 unspecified atom stereocenters. The number of carbonyl (C=O) groups is 2. The van der Waals surface area contributed by atoms with Crippen LogP contribution in [0.2, 0.25) is 0 Å². The van der Waals surface area contributed by atoms with Crippen LogP contribution in [0.15, 0.2) is 120 Å². The highest BCUT2D eigenvalue weighted by molar-refractivity contribution is 6.40. The molecule has 0 radical (unpaired) electrons. The summed E-state index contributed by atoms with van der Waals surface area (Å²) < 4.78 is 48.5. The third-order valence-corrected chi connectivity index (χ3v) is 5.70. The summed E-state index contributed by atoms with van der Waals surface area (Å²) in [4.78, 5) is 30.1. The van der Waals surface area contributed by atoms with E-state index in [4.69, 9.17) is 14.2 Å². The number of alkyl halides is 2. The predicted molar refractivity (Wildman–Crippen MR) is 142 cm³/mol. The highest BCUT2D eigenvalue weighted by Gasteiger charge is 2.52. The zero-order valence-corrected chi connectivity index (χ0v) is 21.0. The Balaban J connectivity index is 1.74. The maximum Gasteiger partial charge on any atom is 0.359 e. The fourth-order valence-electron chi connectivity index (χ4n) is 3.69. The lowest BCUT2D eigenvalue weighted by atomic mass is 9.99. The number of methoxy groups -OCH3 is 1. The number of hydrogen-bond donors (Lipinski definition) is 0. The summed E-state index contributed by atoms with van der Waals surface area (Å²) in [5, 5.41) is 0. The Labute approximate surface area is 224 Å². The molecule has 198 valence electrons. The second-order valence-electron chi connectivity index (χ2n) is 8.41. The molecule has 0 heterocycles. The van der Waals surface area contributed by atoms with Crippen LogP contribution in [0.1, 0.15) is 27.6 Å². The van der Waals surface area contributed by atoms with Crippen LogP contribution in [0.25, 0.3) is 0 Å². The van der Waals surface area contributed by atoms with E-state index in [1.54, 1.807) is 54.6 Å². The molecule has 0 saturated heterocycles. The summed E-state index contributed by atoms with van der Waals surface area (Å²) in [5.41, 5.74) is -0.491. The summed E-state index contributed by atoms with van der Waals surface area (Å²) in [5.74, 6) is -5.94. The first-order valence-corrected chi connectivity index (χ1v) is 12.0. The molecule has 0 spiro atoms. The third-order valence-electron chi connectivity index (χ3n) is 5.70. The van der Waals surface area contributed by atoms with Crippen LogP contribution in [0.5, 0.6) is 5.75 Å². The van der Waals surface area contributed by atoms with Crippen LogP contribution < -0.4 is 4.74 Å². The van der Waals surface area contributed by atoms with Gasteiger partial charge in [0.1, 0.15) is 12.4 Å². The average Bonchev–Trinajstić information content (AvgIpc) is 2.98. The van der Waals surface area contributed by atoms with Gasteiger partial charge in [-0.1, -0.05) is 78.9 Å². The van der Waals surface area contributed by atoms with Crippen molar-refractivity contribution in [3.05, 3.63) is 132 Å². The van der Waals surface area contributed by atoms with E-state index in [1.807, 2.05) is 0 Å². The van der Waals surface area contributed by atoms with Crippen LogP contribution >= 0.6 is 0 Å². The van der Waals surface area contributed by atoms with Crippen molar-refractivity contribution in [3.8, 4) is 5.75 Å². The van der Waals surface area contributed by atoms with E-state index in [9.17, 15) is 9.59 Å². The van der Waals surface area contributed by atoms with E-state index in [0.29, 0.717) is 11.3 Å². The van der Waals surface area contributed by atoms with Gasteiger partial charge < -0.3 is 14.2 Å². The molecule has 0 aromatic heterocycles. The van der Waals surface area contributed by atoms with Gasteiger partial charge in [-0.3, -0.25) is 0 Å². The minimum absolute atomic E-state index is 0.0231. The van der Waals surface area contributed by atoms with Crippen molar-refractivity contribution in [1.82, 2.24) is 0 Å². The Morgan fingerprint density at radius 1 is 0.795 bits per heavy atom. The van der Waals surface area contributed by atoms with Crippen LogP contribution in [0.4, 0.5) is 14.5 Å². The van der Waals surface area contributed by atoms with Gasteiger partial charge in [-0.25, -0.2) is 14.6 Å². The summed E-state index contributed by atoms with van der Waals surface area (Å²) in [6, 6.07) is 29.8. The maximum atomic E-state index is 16.4. The Morgan fingerprint density at radius 2 is 1.36 bits per heavy atom. The van der Waals surface area contributed by atoms with Gasteiger partial charge in [0.2, 0.25) is 0 Å². The molecule has 8 heteroatoms. The second kappa shape index (κ2) is 12.6. The molecule has 0 aliphatic rings. The number of halogens is 2. The summed E-state index contributed by atoms with van der Waals surface area (Å²) in [6.07, 6.45) is -2.17. The van der Waals surface area contributed by atoms with Crippen molar-refractivity contribution >= 4 is 23.3 Å². The van der Waals surface area contributed by atoms with E-state index in [1.165, 1.54) is 67.8 Å². The molecule has 0 bridgehead atoms. The molecule has 6 nitrogen and oxygen atoms in total. The lowest BCUT2D eigenvalue weighted by molar-refractivity contribution is -0.140. The van der Waals surface area contributed by atoms with Crippen molar-refractivity contribution in [2.75, 3.05) is 7.11 Å². The predicted octanol–water partition coefficient (Wildman–Crippen LogP) is 6.74. The third kappa shape index (κ3) is 6.93. The topological polar surface area (TPSA) is 74.2 Å². The normalized spacial score (nSPS) is 12.3. The van der Waals surface area contributed by atoms with Gasteiger partial charge in [0.05, 0.1) is 18.4 Å². The molecular weight excluding hydrogens is 504 g/mol. The molecule has 39 heavy (non-hydrogen) atoms. The fraction of sp³-hybridized carbons (Fsp3) is 0.129. The van der Waals surface area contributed by atoms with Gasteiger partial charge in [-0.05, 0) is 47.5 Å². The number of hydrogen-bond acceptors (Lipinski definition) is 6. The van der Waals surface area contributed by atoms with Crippen LogP contribution in [-0.4, -0.2) is 30.7 Å². The van der Waals surface area contributed by atoms with Gasteiger partial charge in [0, 0.05) is 0 Å². The van der Waals surface area contributed by atoms with E-state index >= 15 is 8.78 Å². The standard InChI is InChI=1S/C31H25F2NO5/c1-37-26-19-17-25(18-20-26)34-27(30(36)38-21-22-11-5-2-6-12-22)31(32,33)28(23-13-7-3-8-14-23)39-29(35)24-15-9-4-10-16-24/h2-20,28H,21H2,1H3. The lowest BCUT2D eigenvalue weighted by Crippen LogP contribution is -2.43. The quantitative estimate of drug-likeness (QED) is 0.168. The highest BCUT2D eigenvalue weighted by Crippen LogP contribution is 2.38. The Bertz CT molecular complexity index is 1410. The van der Waals surface area contributed by atoms with Crippen molar-refractivity contribution in [3.63, 3.8) is 0 Å². The molecule has 0 aliphatic carbocycles. The van der Waals surface area contributed by atoms with E-state index in [-0.39, 0.29) is 23.4 Å². The fourth-order valence-corrected chi connectivity index (χ4v) is 3.69. The smallest absolute Gasteiger partial charge is 0.359 e. The van der Waals surface area contributed by atoms with Gasteiger partial charge in [0.25, 0.3) is 0 Å². The first-order chi connectivity index (χ1) is 18.9. The largest absolute Gasteiger partial charge is 0.497 e.